The minimum absolute atomic E-state index is 0.0242. The summed E-state index contributed by atoms with van der Waals surface area (Å²) < 4.78 is 0. The van der Waals surface area contributed by atoms with E-state index in [0.29, 0.717) is 11.2 Å². The van der Waals surface area contributed by atoms with Crippen LogP contribution >= 0.6 is 23.5 Å². The van der Waals surface area contributed by atoms with Gasteiger partial charge in [0, 0.05) is 29.8 Å². The van der Waals surface area contributed by atoms with Crippen molar-refractivity contribution in [3.8, 4) is 0 Å². The fourth-order valence-corrected chi connectivity index (χ4v) is 4.75. The molecule has 2 aliphatic rings. The van der Waals surface area contributed by atoms with Gasteiger partial charge in [0.25, 0.3) is 0 Å². The average Bonchev–Trinajstić information content (AvgIpc) is 2.54. The van der Waals surface area contributed by atoms with Crippen molar-refractivity contribution in [2.75, 3.05) is 37.4 Å². The van der Waals surface area contributed by atoms with E-state index in [2.05, 4.69) is 22.0 Å². The standard InChI is InChI=1S/C12H22N2OS2/c1-13-11-9-16-7-5-14(12(11)15)8-10-4-2-3-6-17-10/h10-11,13H,2-9H2,1H3. The van der Waals surface area contributed by atoms with E-state index in [9.17, 15) is 4.79 Å². The number of carbonyl (C=O) groups is 1. The summed E-state index contributed by atoms with van der Waals surface area (Å²) in [6.07, 6.45) is 3.97. The summed E-state index contributed by atoms with van der Waals surface area (Å²) in [5.41, 5.74) is 0. The Kier molecular flexibility index (Phi) is 5.50. The number of rotatable bonds is 3. The maximum absolute atomic E-state index is 12.3. The molecule has 0 spiro atoms. The van der Waals surface area contributed by atoms with Crippen molar-refractivity contribution in [2.24, 2.45) is 0 Å². The van der Waals surface area contributed by atoms with Gasteiger partial charge in [0.2, 0.25) is 5.91 Å². The van der Waals surface area contributed by atoms with Gasteiger partial charge >= 0.3 is 0 Å². The van der Waals surface area contributed by atoms with Crippen LogP contribution in [0.2, 0.25) is 0 Å². The van der Waals surface area contributed by atoms with Crippen LogP contribution in [0.3, 0.4) is 0 Å². The highest BCUT2D eigenvalue weighted by molar-refractivity contribution is 8.00. The summed E-state index contributed by atoms with van der Waals surface area (Å²) in [6.45, 7) is 1.89. The molecule has 0 bridgehead atoms. The molecule has 3 nitrogen and oxygen atoms in total. The second kappa shape index (κ2) is 6.90. The lowest BCUT2D eigenvalue weighted by atomic mass is 10.1. The van der Waals surface area contributed by atoms with Crippen LogP contribution in [-0.2, 0) is 4.79 Å². The highest BCUT2D eigenvalue weighted by Crippen LogP contribution is 2.26. The van der Waals surface area contributed by atoms with E-state index in [0.717, 1.165) is 24.6 Å². The zero-order chi connectivity index (χ0) is 12.1. The predicted octanol–water partition coefficient (Wildman–Crippen LogP) is 1.44. The maximum Gasteiger partial charge on any atom is 0.240 e. The summed E-state index contributed by atoms with van der Waals surface area (Å²) in [6, 6.07) is 0.0242. The zero-order valence-corrected chi connectivity index (χ0v) is 12.1. The van der Waals surface area contributed by atoms with E-state index in [1.165, 1.54) is 25.0 Å². The molecular weight excluding hydrogens is 252 g/mol. The summed E-state index contributed by atoms with van der Waals surface area (Å²) in [4.78, 5) is 14.4. The van der Waals surface area contributed by atoms with E-state index in [1.54, 1.807) is 0 Å². The van der Waals surface area contributed by atoms with E-state index in [4.69, 9.17) is 0 Å². The first-order chi connectivity index (χ1) is 8.31. The number of hydrogen-bond acceptors (Lipinski definition) is 4. The minimum atomic E-state index is 0.0242. The second-order valence-electron chi connectivity index (χ2n) is 4.69. The Hall–Kier alpha value is 0.130. The molecule has 0 aromatic carbocycles. The predicted molar refractivity (Wildman–Crippen MR) is 76.8 cm³/mol. The summed E-state index contributed by atoms with van der Waals surface area (Å²) >= 11 is 3.94. The first-order valence-corrected chi connectivity index (χ1v) is 8.67. The van der Waals surface area contributed by atoms with Crippen LogP contribution in [-0.4, -0.2) is 59.5 Å². The number of nitrogens with zero attached hydrogens (tertiary/aromatic N) is 1. The molecule has 2 aliphatic heterocycles. The molecular formula is C12H22N2OS2. The summed E-state index contributed by atoms with van der Waals surface area (Å²) in [5.74, 6) is 3.59. The molecule has 1 N–H and O–H groups in total. The topological polar surface area (TPSA) is 32.3 Å². The molecule has 1 amide bonds. The van der Waals surface area contributed by atoms with Gasteiger partial charge in [0.05, 0.1) is 6.04 Å². The van der Waals surface area contributed by atoms with Crippen molar-refractivity contribution in [3.05, 3.63) is 0 Å². The van der Waals surface area contributed by atoms with Crippen molar-refractivity contribution >= 4 is 29.4 Å². The molecule has 0 radical (unpaired) electrons. The number of thioether (sulfide) groups is 2. The Bertz CT molecular complexity index is 257. The Labute approximate surface area is 112 Å². The Morgan fingerprint density at radius 2 is 2.29 bits per heavy atom. The largest absolute Gasteiger partial charge is 0.339 e. The van der Waals surface area contributed by atoms with Crippen LogP contribution in [0.5, 0.6) is 0 Å². The number of likely N-dealkylation sites (N-methyl/N-ethyl adjacent to an activating group) is 1. The molecule has 2 heterocycles. The Morgan fingerprint density at radius 1 is 1.41 bits per heavy atom. The van der Waals surface area contributed by atoms with Gasteiger partial charge in [-0.3, -0.25) is 4.79 Å². The number of amides is 1. The zero-order valence-electron chi connectivity index (χ0n) is 10.5. The third kappa shape index (κ3) is 3.80. The molecule has 2 unspecified atom stereocenters. The SMILES string of the molecule is CNC1CSCCN(CC2CCCCS2)C1=O. The molecule has 2 rings (SSSR count). The molecule has 2 fully saturated rings. The van der Waals surface area contributed by atoms with E-state index in [1.807, 2.05) is 18.8 Å². The lowest BCUT2D eigenvalue weighted by Crippen LogP contribution is -2.47. The van der Waals surface area contributed by atoms with Crippen LogP contribution < -0.4 is 5.32 Å². The normalized spacial score (nSPS) is 31.4. The van der Waals surface area contributed by atoms with Crippen LogP contribution in [0.4, 0.5) is 0 Å². The summed E-state index contributed by atoms with van der Waals surface area (Å²) in [5, 5.41) is 3.82. The van der Waals surface area contributed by atoms with E-state index < -0.39 is 0 Å². The van der Waals surface area contributed by atoms with Crippen LogP contribution in [0.25, 0.3) is 0 Å². The quantitative estimate of drug-likeness (QED) is 0.844. The molecule has 17 heavy (non-hydrogen) atoms. The van der Waals surface area contributed by atoms with Gasteiger partial charge in [-0.2, -0.15) is 23.5 Å². The van der Waals surface area contributed by atoms with Gasteiger partial charge < -0.3 is 10.2 Å². The van der Waals surface area contributed by atoms with Gasteiger partial charge in [-0.1, -0.05) is 6.42 Å². The fraction of sp³-hybridized carbons (Fsp3) is 0.917. The first-order valence-electron chi connectivity index (χ1n) is 6.46. The Balaban J connectivity index is 1.90. The van der Waals surface area contributed by atoms with E-state index in [-0.39, 0.29) is 6.04 Å². The van der Waals surface area contributed by atoms with Gasteiger partial charge in [-0.05, 0) is 25.6 Å². The number of nitrogens with one attached hydrogen (secondary N) is 1. The van der Waals surface area contributed by atoms with Gasteiger partial charge in [-0.15, -0.1) is 0 Å². The molecule has 5 heteroatoms. The highest BCUT2D eigenvalue weighted by atomic mass is 32.2. The van der Waals surface area contributed by atoms with Crippen molar-refractivity contribution < 1.29 is 4.79 Å². The lowest BCUT2D eigenvalue weighted by molar-refractivity contribution is -0.132. The molecule has 0 saturated carbocycles. The van der Waals surface area contributed by atoms with Crippen LogP contribution in [0.1, 0.15) is 19.3 Å². The molecule has 98 valence electrons. The monoisotopic (exact) mass is 274 g/mol. The lowest BCUT2D eigenvalue weighted by Gasteiger charge is -2.30. The van der Waals surface area contributed by atoms with Crippen molar-refractivity contribution in [1.29, 1.82) is 0 Å². The second-order valence-corrected chi connectivity index (χ2v) is 7.25. The highest BCUT2D eigenvalue weighted by Gasteiger charge is 2.28. The van der Waals surface area contributed by atoms with Crippen molar-refractivity contribution in [2.45, 2.75) is 30.6 Å². The maximum atomic E-state index is 12.3. The minimum Gasteiger partial charge on any atom is -0.339 e. The van der Waals surface area contributed by atoms with Gasteiger partial charge in [0.15, 0.2) is 0 Å². The smallest absolute Gasteiger partial charge is 0.240 e. The third-order valence-corrected chi connectivity index (χ3v) is 5.87. The van der Waals surface area contributed by atoms with Gasteiger partial charge in [-0.25, -0.2) is 0 Å². The first kappa shape index (κ1) is 13.6. The third-order valence-electron chi connectivity index (χ3n) is 3.45. The molecule has 0 aromatic rings. The number of carbonyl (C=O) groups excluding carboxylic acids is 1. The van der Waals surface area contributed by atoms with Crippen molar-refractivity contribution in [3.63, 3.8) is 0 Å². The molecule has 0 aromatic heterocycles. The molecule has 2 atom stereocenters. The van der Waals surface area contributed by atoms with E-state index >= 15 is 0 Å². The van der Waals surface area contributed by atoms with Crippen LogP contribution in [0, 0.1) is 0 Å². The van der Waals surface area contributed by atoms with Crippen LogP contribution in [0.15, 0.2) is 0 Å². The summed E-state index contributed by atoms with van der Waals surface area (Å²) in [7, 11) is 1.89. The molecule has 2 saturated heterocycles. The fourth-order valence-electron chi connectivity index (χ4n) is 2.36. The number of hydrogen-bond donors (Lipinski definition) is 1. The molecule has 0 aliphatic carbocycles. The Morgan fingerprint density at radius 3 is 3.00 bits per heavy atom. The van der Waals surface area contributed by atoms with Gasteiger partial charge in [0.1, 0.15) is 0 Å². The van der Waals surface area contributed by atoms with Crippen molar-refractivity contribution in [1.82, 2.24) is 10.2 Å². The average molecular weight is 274 g/mol.